The van der Waals surface area contributed by atoms with Crippen molar-refractivity contribution in [1.82, 2.24) is 0 Å². The molecule has 0 aromatic carbocycles. The molecule has 1 saturated heterocycles. The van der Waals surface area contributed by atoms with Crippen LogP contribution in [0.5, 0.6) is 0 Å². The van der Waals surface area contributed by atoms with Gasteiger partial charge >= 0.3 is 5.97 Å². The minimum atomic E-state index is -0.736. The maximum Gasteiger partial charge on any atom is 0.303 e. The monoisotopic (exact) mass is 188 g/mol. The Hall–Kier alpha value is -0.610. The molecule has 0 unspecified atom stereocenters. The summed E-state index contributed by atoms with van der Waals surface area (Å²) in [6.07, 6.45) is 1.61. The average molecular weight is 188 g/mol. The summed E-state index contributed by atoms with van der Waals surface area (Å²) in [5, 5.41) is 8.46. The van der Waals surface area contributed by atoms with Crippen LogP contribution < -0.4 is 0 Å². The zero-order valence-electron chi connectivity index (χ0n) is 7.86. The van der Waals surface area contributed by atoms with E-state index in [0.29, 0.717) is 25.6 Å². The molecule has 0 spiro atoms. The Morgan fingerprint density at radius 1 is 1.54 bits per heavy atom. The van der Waals surface area contributed by atoms with E-state index in [2.05, 4.69) is 0 Å². The highest BCUT2D eigenvalue weighted by molar-refractivity contribution is 5.66. The molecule has 4 heteroatoms. The second kappa shape index (κ2) is 5.19. The van der Waals surface area contributed by atoms with E-state index in [1.807, 2.05) is 6.92 Å². The van der Waals surface area contributed by atoms with Gasteiger partial charge in [0.15, 0.2) is 6.29 Å². The van der Waals surface area contributed by atoms with Gasteiger partial charge in [-0.2, -0.15) is 0 Å². The molecule has 13 heavy (non-hydrogen) atoms. The Morgan fingerprint density at radius 3 is 2.69 bits per heavy atom. The van der Waals surface area contributed by atoms with Gasteiger partial charge in [0.25, 0.3) is 0 Å². The van der Waals surface area contributed by atoms with Crippen molar-refractivity contribution < 1.29 is 19.4 Å². The Morgan fingerprint density at radius 2 is 2.15 bits per heavy atom. The van der Waals surface area contributed by atoms with Crippen LogP contribution in [0.25, 0.3) is 0 Å². The fourth-order valence-electron chi connectivity index (χ4n) is 1.36. The zero-order chi connectivity index (χ0) is 9.68. The van der Waals surface area contributed by atoms with Gasteiger partial charge in [0.1, 0.15) is 0 Å². The van der Waals surface area contributed by atoms with E-state index in [4.69, 9.17) is 14.6 Å². The molecule has 0 amide bonds. The summed E-state index contributed by atoms with van der Waals surface area (Å²) in [5.74, 6) is -0.390. The van der Waals surface area contributed by atoms with Crippen LogP contribution in [0.2, 0.25) is 0 Å². The molecule has 1 aliphatic rings. The molecule has 0 saturated carbocycles. The van der Waals surface area contributed by atoms with Crippen LogP contribution >= 0.6 is 0 Å². The molecule has 0 aromatic rings. The van der Waals surface area contributed by atoms with Gasteiger partial charge in [0.05, 0.1) is 13.2 Å². The molecule has 1 atom stereocenters. The van der Waals surface area contributed by atoms with Crippen molar-refractivity contribution in [1.29, 1.82) is 0 Å². The van der Waals surface area contributed by atoms with Crippen LogP contribution in [0, 0.1) is 5.92 Å². The molecule has 0 aromatic heterocycles. The van der Waals surface area contributed by atoms with Gasteiger partial charge < -0.3 is 14.6 Å². The Kier molecular flexibility index (Phi) is 4.18. The zero-order valence-corrected chi connectivity index (χ0v) is 7.86. The van der Waals surface area contributed by atoms with E-state index in [1.165, 1.54) is 0 Å². The Bertz CT molecular complexity index is 163. The molecule has 1 heterocycles. The predicted octanol–water partition coefficient (Wildman–Crippen LogP) is 1.25. The number of carbonyl (C=O) groups is 1. The molecular weight excluding hydrogens is 172 g/mol. The van der Waals surface area contributed by atoms with Gasteiger partial charge in [-0.3, -0.25) is 4.79 Å². The van der Waals surface area contributed by atoms with Crippen LogP contribution in [0.15, 0.2) is 0 Å². The van der Waals surface area contributed by atoms with Gasteiger partial charge in [0.2, 0.25) is 0 Å². The first-order valence-electron chi connectivity index (χ1n) is 4.63. The number of rotatable bonds is 5. The van der Waals surface area contributed by atoms with E-state index in [0.717, 1.165) is 6.42 Å². The summed E-state index contributed by atoms with van der Waals surface area (Å²) in [4.78, 5) is 10.3. The number of hydrogen-bond acceptors (Lipinski definition) is 3. The summed E-state index contributed by atoms with van der Waals surface area (Å²) >= 11 is 0. The minimum absolute atomic E-state index is 0.108. The SMILES string of the molecule is C[C@H](CCC(=O)O)CC1OCCO1. The summed E-state index contributed by atoms with van der Waals surface area (Å²) in [5.41, 5.74) is 0. The first-order valence-corrected chi connectivity index (χ1v) is 4.63. The van der Waals surface area contributed by atoms with Gasteiger partial charge in [-0.15, -0.1) is 0 Å². The molecule has 4 nitrogen and oxygen atoms in total. The summed E-state index contributed by atoms with van der Waals surface area (Å²) in [7, 11) is 0. The van der Waals surface area contributed by atoms with E-state index < -0.39 is 5.97 Å². The lowest BCUT2D eigenvalue weighted by atomic mass is 10.0. The quantitative estimate of drug-likeness (QED) is 0.705. The van der Waals surface area contributed by atoms with Crippen LogP contribution in [-0.2, 0) is 14.3 Å². The van der Waals surface area contributed by atoms with E-state index >= 15 is 0 Å². The van der Waals surface area contributed by atoms with Gasteiger partial charge in [-0.1, -0.05) is 6.92 Å². The fraction of sp³-hybridized carbons (Fsp3) is 0.889. The Labute approximate surface area is 77.8 Å². The highest BCUT2D eigenvalue weighted by Crippen LogP contribution is 2.18. The molecule has 0 bridgehead atoms. The van der Waals surface area contributed by atoms with Crippen molar-refractivity contribution in [2.45, 2.75) is 32.5 Å². The molecule has 0 radical (unpaired) electrons. The molecule has 1 rings (SSSR count). The third-order valence-electron chi connectivity index (χ3n) is 2.14. The van der Waals surface area contributed by atoms with Gasteiger partial charge in [0, 0.05) is 12.8 Å². The molecule has 1 aliphatic heterocycles. The number of carboxylic acid groups (broad SMARTS) is 1. The lowest BCUT2D eigenvalue weighted by Gasteiger charge is -2.14. The van der Waals surface area contributed by atoms with E-state index in [1.54, 1.807) is 0 Å². The smallest absolute Gasteiger partial charge is 0.303 e. The van der Waals surface area contributed by atoms with Crippen molar-refractivity contribution in [2.24, 2.45) is 5.92 Å². The molecule has 1 N–H and O–H groups in total. The van der Waals surface area contributed by atoms with E-state index in [9.17, 15) is 4.79 Å². The average Bonchev–Trinajstić information content (AvgIpc) is 2.53. The van der Waals surface area contributed by atoms with Gasteiger partial charge in [-0.25, -0.2) is 0 Å². The normalized spacial score (nSPS) is 20.4. The second-order valence-electron chi connectivity index (χ2n) is 3.44. The molecular formula is C9H16O4. The number of carboxylic acids is 1. The van der Waals surface area contributed by atoms with Crippen molar-refractivity contribution in [3.63, 3.8) is 0 Å². The third kappa shape index (κ3) is 4.24. The molecule has 1 fully saturated rings. The summed E-state index contributed by atoms with van der Waals surface area (Å²) in [6, 6.07) is 0. The van der Waals surface area contributed by atoms with Gasteiger partial charge in [-0.05, 0) is 12.3 Å². The Balaban J connectivity index is 2.09. The maximum absolute atomic E-state index is 10.3. The third-order valence-corrected chi connectivity index (χ3v) is 2.14. The molecule has 76 valence electrons. The van der Waals surface area contributed by atoms with Crippen LogP contribution in [0.4, 0.5) is 0 Å². The summed E-state index contributed by atoms with van der Waals surface area (Å²) < 4.78 is 10.5. The topological polar surface area (TPSA) is 55.8 Å². The lowest BCUT2D eigenvalue weighted by molar-refractivity contribution is -0.137. The van der Waals surface area contributed by atoms with Crippen LogP contribution in [0.1, 0.15) is 26.2 Å². The van der Waals surface area contributed by atoms with E-state index in [-0.39, 0.29) is 12.7 Å². The number of aliphatic carboxylic acids is 1. The second-order valence-corrected chi connectivity index (χ2v) is 3.44. The highest BCUT2D eigenvalue weighted by Gasteiger charge is 2.19. The summed E-state index contributed by atoms with van der Waals surface area (Å²) in [6.45, 7) is 3.35. The largest absolute Gasteiger partial charge is 0.481 e. The highest BCUT2D eigenvalue weighted by atomic mass is 16.7. The van der Waals surface area contributed by atoms with Crippen molar-refractivity contribution in [3.05, 3.63) is 0 Å². The fourth-order valence-corrected chi connectivity index (χ4v) is 1.36. The standard InChI is InChI=1S/C9H16O4/c1-7(2-3-8(10)11)6-9-12-4-5-13-9/h7,9H,2-6H2,1H3,(H,10,11)/t7-/m1/s1. The van der Waals surface area contributed by atoms with Crippen molar-refractivity contribution in [2.75, 3.05) is 13.2 Å². The number of hydrogen-bond donors (Lipinski definition) is 1. The maximum atomic E-state index is 10.3. The van der Waals surface area contributed by atoms with Crippen molar-refractivity contribution >= 4 is 5.97 Å². The van der Waals surface area contributed by atoms with Crippen LogP contribution in [0.3, 0.4) is 0 Å². The number of ether oxygens (including phenoxy) is 2. The minimum Gasteiger partial charge on any atom is -0.481 e. The first kappa shape index (κ1) is 10.5. The lowest BCUT2D eigenvalue weighted by Crippen LogP contribution is -2.13. The predicted molar refractivity (Wildman–Crippen MR) is 46.3 cm³/mol. The van der Waals surface area contributed by atoms with Crippen molar-refractivity contribution in [3.8, 4) is 0 Å². The first-order chi connectivity index (χ1) is 6.18. The van der Waals surface area contributed by atoms with Crippen LogP contribution in [-0.4, -0.2) is 30.6 Å². The molecule has 0 aliphatic carbocycles.